The number of carboxylic acid groups (broad SMARTS) is 2. The normalized spacial score (nSPS) is 30.2. The van der Waals surface area contributed by atoms with Gasteiger partial charge in [-0.25, -0.2) is 9.59 Å². The molecule has 9 atom stereocenters. The van der Waals surface area contributed by atoms with Crippen LogP contribution in [0, 0.1) is 11.8 Å². The number of aliphatic hydroxyl groups is 4. The van der Waals surface area contributed by atoms with Gasteiger partial charge in [0.1, 0.15) is 24.4 Å². The Hall–Kier alpha value is -3.91. The summed E-state index contributed by atoms with van der Waals surface area (Å²) in [4.78, 5) is 24.2. The maximum absolute atomic E-state index is 12.1. The molecule has 1 aromatic heterocycles. The molecule has 42 heavy (non-hydrogen) atoms. The van der Waals surface area contributed by atoms with E-state index in [1.165, 1.54) is 6.08 Å². The van der Waals surface area contributed by atoms with E-state index >= 15 is 0 Å². The van der Waals surface area contributed by atoms with Crippen molar-refractivity contribution in [3.8, 4) is 0 Å². The molecule has 0 radical (unpaired) electrons. The quantitative estimate of drug-likeness (QED) is 0.159. The van der Waals surface area contributed by atoms with Gasteiger partial charge in [0.2, 0.25) is 6.29 Å². The van der Waals surface area contributed by atoms with E-state index in [0.29, 0.717) is 5.56 Å². The molecule has 6 N–H and O–H groups in total. The largest absolute Gasteiger partial charge is 0.478 e. The number of benzene rings is 1. The van der Waals surface area contributed by atoms with E-state index in [9.17, 15) is 40.2 Å². The van der Waals surface area contributed by atoms with Gasteiger partial charge in [-0.15, -0.1) is 6.58 Å². The van der Waals surface area contributed by atoms with Crippen molar-refractivity contribution in [3.05, 3.63) is 96.6 Å². The molecular formula is C30H34NO11+. The predicted molar refractivity (Wildman–Crippen MR) is 145 cm³/mol. The van der Waals surface area contributed by atoms with Crippen molar-refractivity contribution >= 4 is 18.0 Å². The summed E-state index contributed by atoms with van der Waals surface area (Å²) in [5.74, 6) is -3.91. The molecule has 2 aliphatic heterocycles. The van der Waals surface area contributed by atoms with Crippen LogP contribution in [0.3, 0.4) is 0 Å². The first-order valence-electron chi connectivity index (χ1n) is 13.3. The molecule has 4 unspecified atom stereocenters. The van der Waals surface area contributed by atoms with Crippen molar-refractivity contribution in [3.63, 3.8) is 0 Å². The number of pyridine rings is 1. The topological polar surface area (TPSA) is 187 Å². The third kappa shape index (κ3) is 6.93. The van der Waals surface area contributed by atoms with Crippen LogP contribution >= 0.6 is 0 Å². The molecule has 3 heterocycles. The number of carboxylic acids is 2. The van der Waals surface area contributed by atoms with Crippen molar-refractivity contribution in [1.82, 2.24) is 0 Å². The summed E-state index contributed by atoms with van der Waals surface area (Å²) in [5.41, 5.74) is 1.35. The Kier molecular flexibility index (Phi) is 10.2. The fourth-order valence-electron chi connectivity index (χ4n) is 4.98. The predicted octanol–water partition coefficient (Wildman–Crippen LogP) is 0.415. The molecule has 0 aliphatic carbocycles. The van der Waals surface area contributed by atoms with Gasteiger partial charge in [0.05, 0.1) is 24.4 Å². The van der Waals surface area contributed by atoms with Crippen molar-refractivity contribution < 1.29 is 59.0 Å². The smallest absolute Gasteiger partial charge is 0.373 e. The maximum atomic E-state index is 12.1. The second-order valence-corrected chi connectivity index (χ2v) is 10.0. The highest BCUT2D eigenvalue weighted by Gasteiger charge is 2.47. The lowest BCUT2D eigenvalue weighted by Gasteiger charge is -2.42. The lowest BCUT2D eigenvalue weighted by molar-refractivity contribution is -0.710. The summed E-state index contributed by atoms with van der Waals surface area (Å²) < 4.78 is 18.3. The van der Waals surface area contributed by atoms with Crippen LogP contribution in [0.5, 0.6) is 0 Å². The van der Waals surface area contributed by atoms with E-state index in [4.69, 9.17) is 14.2 Å². The fraction of sp³-hybridized carbons (Fsp3) is 0.367. The highest BCUT2D eigenvalue weighted by Crippen LogP contribution is 2.36. The summed E-state index contributed by atoms with van der Waals surface area (Å²) in [7, 11) is 0. The van der Waals surface area contributed by atoms with Gasteiger partial charge in [0.25, 0.3) is 6.04 Å². The van der Waals surface area contributed by atoms with E-state index in [-0.39, 0.29) is 12.0 Å². The third-order valence-electron chi connectivity index (χ3n) is 7.31. The summed E-state index contributed by atoms with van der Waals surface area (Å²) in [6, 6.07) is 11.8. The molecule has 2 aromatic rings. The monoisotopic (exact) mass is 584 g/mol. The van der Waals surface area contributed by atoms with Gasteiger partial charge in [-0.05, 0) is 11.6 Å². The molecule has 12 nitrogen and oxygen atoms in total. The fourth-order valence-corrected chi connectivity index (χ4v) is 4.98. The second-order valence-electron chi connectivity index (χ2n) is 10.0. The van der Waals surface area contributed by atoms with Crippen LogP contribution < -0.4 is 4.57 Å². The van der Waals surface area contributed by atoms with Gasteiger partial charge < -0.3 is 44.8 Å². The average molecular weight is 585 g/mol. The Bertz CT molecular complexity index is 1310. The molecular weight excluding hydrogens is 550 g/mol. The van der Waals surface area contributed by atoms with Crippen molar-refractivity contribution in [2.45, 2.75) is 49.5 Å². The SMILES string of the molecule is C=CC1C(O[C@@H]2O[C@H](CO)[C@@H](O)[C@H](O)[C@H]2O)OC=C(C(=O)O)C1/C=C/c1ccc[n+](C(Cc2ccccc2)C(=O)O)c1. The van der Waals surface area contributed by atoms with Gasteiger partial charge in [-0.3, -0.25) is 0 Å². The van der Waals surface area contributed by atoms with Gasteiger partial charge >= 0.3 is 11.9 Å². The zero-order chi connectivity index (χ0) is 30.4. The molecule has 1 fully saturated rings. The minimum absolute atomic E-state index is 0.110. The van der Waals surface area contributed by atoms with Crippen molar-refractivity contribution in [1.29, 1.82) is 0 Å². The Morgan fingerprint density at radius 1 is 1.02 bits per heavy atom. The van der Waals surface area contributed by atoms with Crippen LogP contribution in [-0.2, 0) is 30.2 Å². The second kappa shape index (κ2) is 13.8. The van der Waals surface area contributed by atoms with E-state index in [1.807, 2.05) is 30.3 Å². The van der Waals surface area contributed by atoms with Crippen molar-refractivity contribution in [2.75, 3.05) is 6.61 Å². The maximum Gasteiger partial charge on any atom is 0.373 e. The Balaban J connectivity index is 1.57. The van der Waals surface area contributed by atoms with E-state index in [2.05, 4.69) is 6.58 Å². The molecule has 0 amide bonds. The molecule has 1 aromatic carbocycles. The van der Waals surface area contributed by atoms with Crippen LogP contribution in [0.1, 0.15) is 17.2 Å². The standard InChI is InChI=1S/C30H33NO11/c1-2-19-20(11-10-18-9-6-12-31(14-18)22(28(38)39)13-17-7-4-3-5-8-17)21(27(36)37)16-40-29(19)42-30-26(35)25(34)24(33)23(15-32)41-30/h2-12,14,16,19-20,22-26,29-30,32-35H,1,13,15H2,(H-,36,37,38,39)/p+1/b11-10+/t19?,20?,22?,23-,24-,25+,26-,29?,30+/m1/s1. The number of nitrogens with zero attached hydrogens (tertiary/aromatic N) is 1. The summed E-state index contributed by atoms with van der Waals surface area (Å²) in [5, 5.41) is 59.7. The molecule has 12 heteroatoms. The minimum Gasteiger partial charge on any atom is -0.478 e. The number of hydrogen-bond acceptors (Lipinski definition) is 9. The number of ether oxygens (including phenoxy) is 3. The van der Waals surface area contributed by atoms with Crippen LogP contribution in [0.2, 0.25) is 0 Å². The van der Waals surface area contributed by atoms with Crippen molar-refractivity contribution in [2.24, 2.45) is 11.8 Å². The van der Waals surface area contributed by atoms with Crippen LogP contribution in [0.4, 0.5) is 0 Å². The molecule has 0 saturated carbocycles. The average Bonchev–Trinajstić information content (AvgIpc) is 2.99. The number of rotatable bonds is 11. The van der Waals surface area contributed by atoms with Crippen LogP contribution in [0.25, 0.3) is 6.08 Å². The van der Waals surface area contributed by atoms with Gasteiger partial charge in [0, 0.05) is 24.0 Å². The molecule has 224 valence electrons. The first kappa shape index (κ1) is 31.0. The first-order valence-corrected chi connectivity index (χ1v) is 13.3. The van der Waals surface area contributed by atoms with E-state index in [1.54, 1.807) is 41.2 Å². The number of aromatic nitrogens is 1. The zero-order valence-corrected chi connectivity index (χ0v) is 22.5. The van der Waals surface area contributed by atoms with Crippen LogP contribution in [-0.4, -0.2) is 86.2 Å². The molecule has 2 aliphatic rings. The summed E-state index contributed by atoms with van der Waals surface area (Å²) >= 11 is 0. The number of hydrogen-bond donors (Lipinski definition) is 6. The Morgan fingerprint density at radius 3 is 2.40 bits per heavy atom. The minimum atomic E-state index is -1.69. The number of aliphatic hydroxyl groups excluding tert-OH is 4. The van der Waals surface area contributed by atoms with E-state index in [0.717, 1.165) is 11.8 Å². The summed E-state index contributed by atoms with van der Waals surface area (Å²) in [6.07, 6.45) is 0.356. The molecule has 4 rings (SSSR count). The number of aliphatic carboxylic acids is 2. The number of carbonyl (C=O) groups is 2. The van der Waals surface area contributed by atoms with E-state index < -0.39 is 73.4 Å². The lowest BCUT2D eigenvalue weighted by Crippen LogP contribution is -2.60. The highest BCUT2D eigenvalue weighted by molar-refractivity contribution is 5.88. The van der Waals surface area contributed by atoms with Gasteiger partial charge in [-0.2, -0.15) is 4.57 Å². The van der Waals surface area contributed by atoms with Gasteiger partial charge in [-0.1, -0.05) is 48.6 Å². The Morgan fingerprint density at radius 2 is 1.76 bits per heavy atom. The molecule has 0 spiro atoms. The Labute approximate surface area is 241 Å². The highest BCUT2D eigenvalue weighted by atomic mass is 16.8. The molecule has 0 bridgehead atoms. The summed E-state index contributed by atoms with van der Waals surface area (Å²) in [6.45, 7) is 3.13. The van der Waals surface area contributed by atoms with Gasteiger partial charge in [0.15, 0.2) is 18.7 Å². The zero-order valence-electron chi connectivity index (χ0n) is 22.5. The molecule has 1 saturated heterocycles. The van der Waals surface area contributed by atoms with Crippen LogP contribution in [0.15, 0.2) is 85.4 Å². The first-order chi connectivity index (χ1) is 20.1. The number of allylic oxidation sites excluding steroid dienone is 1. The lowest BCUT2D eigenvalue weighted by atomic mass is 9.83. The third-order valence-corrected chi connectivity index (χ3v) is 7.31.